The topological polar surface area (TPSA) is 184 Å². The van der Waals surface area contributed by atoms with Gasteiger partial charge in [-0.25, -0.2) is 19.6 Å². The molecule has 6 aromatic rings. The molecule has 15 nitrogen and oxygen atoms in total. The van der Waals surface area contributed by atoms with Crippen LogP contribution in [0.25, 0.3) is 44.8 Å². The van der Waals surface area contributed by atoms with Gasteiger partial charge in [-0.2, -0.15) is 8.78 Å². The fraction of sp³-hybridized carbons (Fsp3) is 0.346. The first-order valence-electron chi connectivity index (χ1n) is 23.3. The summed E-state index contributed by atoms with van der Waals surface area (Å²) in [4.78, 5) is 72.2. The zero-order valence-electron chi connectivity index (χ0n) is 38.2. The van der Waals surface area contributed by atoms with Gasteiger partial charge in [-0.3, -0.25) is 9.59 Å². The Morgan fingerprint density at radius 1 is 0.667 bits per heavy atom. The second-order valence-electron chi connectivity index (χ2n) is 18.0. The molecule has 3 fully saturated rings. The Bertz CT molecular complexity index is 2880. The quantitative estimate of drug-likeness (QED) is 0.0986. The fourth-order valence-electron chi connectivity index (χ4n) is 10.4. The lowest BCUT2D eigenvalue weighted by Gasteiger charge is -2.34. The number of amides is 4. The summed E-state index contributed by atoms with van der Waals surface area (Å²) in [5.41, 5.74) is 5.45. The number of aromatic amines is 2. The summed E-state index contributed by atoms with van der Waals surface area (Å²) in [6.45, 7) is 2.00. The third kappa shape index (κ3) is 8.71. The van der Waals surface area contributed by atoms with Gasteiger partial charge in [0.15, 0.2) is 0 Å². The van der Waals surface area contributed by atoms with Crippen LogP contribution in [0.2, 0.25) is 0 Å². The standard InChI is InChI=1S/C52H52F2N8O7/c1-67-50(65)59-44(32-8-4-3-5-9-32)48(63)61-22-6-10-42(61)46-55-28-40(57-46)31-14-12-30(13-15-31)34-16-18-36-37-19-17-35(27-39(37)52(53,54)38(36)26-34)41-29-56-47(58-41)43-11-7-23-62(43)49(64)45(60-51(66)68-2)33-20-24-69-25-21-33/h3-5,8-9,12-19,26-29,33,42-45H,6-7,10-11,20-25H2,1-2H3,(H,55,57)(H,56,58)(H,59,65)(H,60,66)/t42-,43-,44+,45-/m0/s1. The molecule has 1 aliphatic carbocycles. The number of alkyl carbamates (subject to hydrolysis) is 2. The maximum Gasteiger partial charge on any atom is 0.407 e. The smallest absolute Gasteiger partial charge is 0.407 e. The predicted molar refractivity (Wildman–Crippen MR) is 250 cm³/mol. The molecule has 0 bridgehead atoms. The number of likely N-dealkylation sites (tertiary alicyclic amines) is 2. The van der Waals surface area contributed by atoms with Crippen LogP contribution in [0.1, 0.15) is 85.0 Å². The van der Waals surface area contributed by atoms with Crippen molar-refractivity contribution in [2.75, 3.05) is 40.5 Å². The molecule has 3 aliphatic heterocycles. The number of carbonyl (C=O) groups is 4. The summed E-state index contributed by atoms with van der Waals surface area (Å²) in [7, 11) is 2.53. The number of halogens is 2. The normalized spacial score (nSPS) is 19.4. The van der Waals surface area contributed by atoms with Crippen LogP contribution in [0.3, 0.4) is 0 Å². The zero-order chi connectivity index (χ0) is 47.8. The summed E-state index contributed by atoms with van der Waals surface area (Å²) in [6, 6.07) is 24.4. The summed E-state index contributed by atoms with van der Waals surface area (Å²) in [6.07, 6.45) is 6.07. The van der Waals surface area contributed by atoms with Gasteiger partial charge in [-0.05, 0) is 90.0 Å². The number of carbonyl (C=O) groups excluding carboxylic acids is 4. The Kier molecular flexibility index (Phi) is 12.5. The molecule has 0 unspecified atom stereocenters. The predicted octanol–water partition coefficient (Wildman–Crippen LogP) is 8.83. The Balaban J connectivity index is 0.833. The van der Waals surface area contributed by atoms with Crippen molar-refractivity contribution in [3.05, 3.63) is 132 Å². The van der Waals surface area contributed by atoms with Gasteiger partial charge in [0, 0.05) is 43.0 Å². The molecule has 69 heavy (non-hydrogen) atoms. The number of benzene rings is 4. The van der Waals surface area contributed by atoms with Gasteiger partial charge in [-0.15, -0.1) is 0 Å². The first-order chi connectivity index (χ1) is 33.5. The number of fused-ring (bicyclic) bond motifs is 3. The summed E-state index contributed by atoms with van der Waals surface area (Å²) in [5.74, 6) is -2.68. The molecule has 2 aromatic heterocycles. The number of alkyl halides is 2. The van der Waals surface area contributed by atoms with Gasteiger partial charge >= 0.3 is 12.2 Å². The molecule has 4 atom stereocenters. The molecular formula is C52H52F2N8O7. The Labute approximate surface area is 397 Å². The first-order valence-corrected chi connectivity index (χ1v) is 23.3. The number of hydrogen-bond donors (Lipinski definition) is 4. The molecule has 4 N–H and O–H groups in total. The molecular weight excluding hydrogens is 887 g/mol. The summed E-state index contributed by atoms with van der Waals surface area (Å²) in [5, 5.41) is 5.46. The highest BCUT2D eigenvalue weighted by Crippen LogP contribution is 2.53. The minimum absolute atomic E-state index is 0.0774. The number of ether oxygens (including phenoxy) is 3. The average molecular weight is 939 g/mol. The van der Waals surface area contributed by atoms with Crippen LogP contribution in [0, 0.1) is 5.92 Å². The molecule has 3 saturated heterocycles. The highest BCUT2D eigenvalue weighted by atomic mass is 19.3. The molecule has 4 amide bonds. The van der Waals surface area contributed by atoms with Crippen LogP contribution in [0.15, 0.2) is 103 Å². The lowest BCUT2D eigenvalue weighted by molar-refractivity contribution is -0.137. The van der Waals surface area contributed by atoms with Gasteiger partial charge in [-0.1, -0.05) is 78.9 Å². The van der Waals surface area contributed by atoms with E-state index < -0.39 is 30.2 Å². The average Bonchev–Trinajstić information content (AvgIpc) is 4.26. The number of hydrogen-bond acceptors (Lipinski definition) is 9. The minimum Gasteiger partial charge on any atom is -0.453 e. The van der Waals surface area contributed by atoms with Crippen molar-refractivity contribution in [1.82, 2.24) is 40.4 Å². The van der Waals surface area contributed by atoms with E-state index in [1.807, 2.05) is 48.5 Å². The molecule has 4 aromatic carbocycles. The number of rotatable bonds is 11. The van der Waals surface area contributed by atoms with Gasteiger partial charge in [0.2, 0.25) is 5.91 Å². The van der Waals surface area contributed by atoms with Crippen LogP contribution in [-0.4, -0.2) is 100 Å². The van der Waals surface area contributed by atoms with Gasteiger partial charge < -0.3 is 44.6 Å². The number of H-pyrrole nitrogens is 2. The van der Waals surface area contributed by atoms with Gasteiger partial charge in [0.05, 0.1) is 50.1 Å². The fourth-order valence-corrected chi connectivity index (χ4v) is 10.4. The minimum atomic E-state index is -3.28. The van der Waals surface area contributed by atoms with Crippen molar-refractivity contribution in [3.8, 4) is 44.8 Å². The highest BCUT2D eigenvalue weighted by Gasteiger charge is 2.45. The number of methoxy groups -OCH3 is 2. The van der Waals surface area contributed by atoms with Crippen molar-refractivity contribution < 1.29 is 42.2 Å². The monoisotopic (exact) mass is 938 g/mol. The van der Waals surface area contributed by atoms with Crippen LogP contribution in [0.5, 0.6) is 0 Å². The maximum atomic E-state index is 16.6. The van der Waals surface area contributed by atoms with Gasteiger partial charge in [0.1, 0.15) is 23.7 Å². The largest absolute Gasteiger partial charge is 0.453 e. The van der Waals surface area contributed by atoms with E-state index in [0.717, 1.165) is 29.7 Å². The maximum absolute atomic E-state index is 16.6. The van der Waals surface area contributed by atoms with Crippen LogP contribution in [-0.2, 0) is 29.7 Å². The van der Waals surface area contributed by atoms with E-state index in [-0.39, 0.29) is 40.9 Å². The molecule has 17 heteroatoms. The van der Waals surface area contributed by atoms with E-state index in [0.29, 0.717) is 97.1 Å². The van der Waals surface area contributed by atoms with Crippen LogP contribution < -0.4 is 10.6 Å². The summed E-state index contributed by atoms with van der Waals surface area (Å²) >= 11 is 0. The molecule has 10 rings (SSSR count). The van der Waals surface area contributed by atoms with E-state index in [1.165, 1.54) is 20.3 Å². The Morgan fingerprint density at radius 2 is 1.19 bits per heavy atom. The molecule has 5 heterocycles. The molecule has 4 aliphatic rings. The summed E-state index contributed by atoms with van der Waals surface area (Å²) < 4.78 is 48.3. The lowest BCUT2D eigenvalue weighted by Crippen LogP contribution is -2.53. The second-order valence-corrected chi connectivity index (χ2v) is 18.0. The third-order valence-corrected chi connectivity index (χ3v) is 14.0. The van der Waals surface area contributed by atoms with Crippen molar-refractivity contribution in [2.45, 2.75) is 68.6 Å². The SMILES string of the molecule is COC(=O)N[C@H](C(=O)N1CCC[C@H]1c1ncc(-c2ccc3c(c2)C(F)(F)c2cc(-c4ccc(-c5cnc([C@@H]6CCCN6C(=O)[C@H](NC(=O)OC)c6ccccc6)[nH]5)cc4)ccc2-3)[nH]1)C1CCOCC1. The number of aromatic nitrogens is 4. The molecule has 0 radical (unpaired) electrons. The molecule has 0 saturated carbocycles. The molecule has 356 valence electrons. The van der Waals surface area contributed by atoms with Crippen molar-refractivity contribution >= 4 is 24.0 Å². The highest BCUT2D eigenvalue weighted by molar-refractivity contribution is 5.88. The lowest BCUT2D eigenvalue weighted by atomic mass is 9.90. The van der Waals surface area contributed by atoms with Crippen LogP contribution >= 0.6 is 0 Å². The number of imidazole rings is 2. The number of nitrogens with zero attached hydrogens (tertiary/aromatic N) is 4. The van der Waals surface area contributed by atoms with Crippen molar-refractivity contribution in [3.63, 3.8) is 0 Å². The molecule has 0 spiro atoms. The van der Waals surface area contributed by atoms with E-state index >= 15 is 8.78 Å². The number of nitrogens with one attached hydrogen (secondary N) is 4. The van der Waals surface area contributed by atoms with E-state index in [1.54, 1.807) is 58.6 Å². The third-order valence-electron chi connectivity index (χ3n) is 14.0. The van der Waals surface area contributed by atoms with Crippen molar-refractivity contribution in [2.24, 2.45) is 5.92 Å². The Hall–Kier alpha value is -7.40. The second kappa shape index (κ2) is 18.9. The van der Waals surface area contributed by atoms with E-state index in [2.05, 4.69) is 30.6 Å². The van der Waals surface area contributed by atoms with Crippen LogP contribution in [0.4, 0.5) is 18.4 Å². The zero-order valence-corrected chi connectivity index (χ0v) is 38.2. The van der Waals surface area contributed by atoms with E-state index in [4.69, 9.17) is 14.2 Å². The Morgan fingerprint density at radius 3 is 1.80 bits per heavy atom. The van der Waals surface area contributed by atoms with E-state index in [9.17, 15) is 19.2 Å². The van der Waals surface area contributed by atoms with Gasteiger partial charge in [0.25, 0.3) is 11.8 Å². The van der Waals surface area contributed by atoms with Crippen molar-refractivity contribution in [1.29, 1.82) is 0 Å². The first kappa shape index (κ1) is 45.4.